The number of carbonyl (C=O) groups excluding carboxylic acids is 2. The van der Waals surface area contributed by atoms with Crippen LogP contribution in [-0.2, 0) is 4.79 Å². The van der Waals surface area contributed by atoms with Crippen LogP contribution >= 0.6 is 0 Å². The van der Waals surface area contributed by atoms with Crippen LogP contribution in [-0.4, -0.2) is 46.5 Å². The van der Waals surface area contributed by atoms with Crippen molar-refractivity contribution in [3.05, 3.63) is 47.8 Å². The lowest BCUT2D eigenvalue weighted by Crippen LogP contribution is -2.48. The number of rotatable bonds is 5. The van der Waals surface area contributed by atoms with Gasteiger partial charge in [-0.15, -0.1) is 0 Å². The number of hydrogen-bond donors (Lipinski definition) is 2. The van der Waals surface area contributed by atoms with Gasteiger partial charge in [-0.1, -0.05) is 0 Å². The Morgan fingerprint density at radius 1 is 1.30 bits per heavy atom. The number of nitrogens with one attached hydrogen (secondary N) is 1. The molecule has 3 heterocycles. The first kappa shape index (κ1) is 19.4. The second-order valence-electron chi connectivity index (χ2n) is 7.41. The third kappa shape index (κ3) is 3.22. The van der Waals surface area contributed by atoms with Crippen molar-refractivity contribution in [3.8, 4) is 17.5 Å². The number of fused-ring (bicyclic) bond motifs is 1. The molecular formula is C21H21N7O2. The highest BCUT2D eigenvalue weighted by atomic mass is 16.2. The molecule has 0 aliphatic heterocycles. The fourth-order valence-corrected chi connectivity index (χ4v) is 3.84. The van der Waals surface area contributed by atoms with Crippen LogP contribution in [0.1, 0.15) is 28.8 Å². The molecule has 9 nitrogen and oxygen atoms in total. The van der Waals surface area contributed by atoms with Crippen molar-refractivity contribution < 1.29 is 9.59 Å². The first-order valence-electron chi connectivity index (χ1n) is 9.55. The van der Waals surface area contributed by atoms with Crippen molar-refractivity contribution in [1.29, 1.82) is 5.26 Å². The maximum absolute atomic E-state index is 12.0. The predicted octanol–water partition coefficient (Wildman–Crippen LogP) is 1.33. The molecule has 1 aliphatic rings. The number of anilines is 1. The fourth-order valence-electron chi connectivity index (χ4n) is 3.84. The molecule has 3 aromatic heterocycles. The Labute approximate surface area is 173 Å². The number of aromatic nitrogens is 3. The molecule has 0 atom stereocenters. The van der Waals surface area contributed by atoms with Gasteiger partial charge in [-0.2, -0.15) is 10.4 Å². The molecule has 1 fully saturated rings. The predicted molar refractivity (Wildman–Crippen MR) is 111 cm³/mol. The van der Waals surface area contributed by atoms with E-state index in [2.05, 4.69) is 21.5 Å². The molecule has 30 heavy (non-hydrogen) atoms. The summed E-state index contributed by atoms with van der Waals surface area (Å²) in [4.78, 5) is 30.2. The quantitative estimate of drug-likeness (QED) is 0.661. The maximum atomic E-state index is 12.0. The van der Waals surface area contributed by atoms with Gasteiger partial charge in [0.05, 0.1) is 39.9 Å². The van der Waals surface area contributed by atoms with E-state index >= 15 is 0 Å². The summed E-state index contributed by atoms with van der Waals surface area (Å²) in [5.41, 5.74) is 9.17. The van der Waals surface area contributed by atoms with Crippen molar-refractivity contribution in [2.24, 2.45) is 11.7 Å². The first-order chi connectivity index (χ1) is 14.4. The van der Waals surface area contributed by atoms with Gasteiger partial charge in [0, 0.05) is 32.3 Å². The van der Waals surface area contributed by atoms with Crippen LogP contribution in [0, 0.1) is 17.2 Å². The minimum absolute atomic E-state index is 0.0195. The van der Waals surface area contributed by atoms with Gasteiger partial charge in [0.25, 0.3) is 5.91 Å². The van der Waals surface area contributed by atoms with E-state index in [1.807, 2.05) is 30.1 Å². The van der Waals surface area contributed by atoms with Gasteiger partial charge >= 0.3 is 0 Å². The van der Waals surface area contributed by atoms with Crippen molar-refractivity contribution in [2.75, 3.05) is 19.0 Å². The summed E-state index contributed by atoms with van der Waals surface area (Å²) in [6, 6.07) is 9.48. The summed E-state index contributed by atoms with van der Waals surface area (Å²) in [5.74, 6) is -0.545. The molecule has 2 amide bonds. The minimum Gasteiger partial charge on any atom is -0.371 e. The number of primary amides is 1. The van der Waals surface area contributed by atoms with Gasteiger partial charge in [0.2, 0.25) is 5.91 Å². The van der Waals surface area contributed by atoms with Crippen LogP contribution in [0.5, 0.6) is 0 Å². The van der Waals surface area contributed by atoms with E-state index in [1.165, 1.54) is 12.4 Å². The van der Waals surface area contributed by atoms with Crippen LogP contribution < -0.4 is 16.0 Å². The highest BCUT2D eigenvalue weighted by Crippen LogP contribution is 2.36. The number of nitriles is 1. The van der Waals surface area contributed by atoms with Crippen molar-refractivity contribution in [2.45, 2.75) is 18.9 Å². The van der Waals surface area contributed by atoms with Crippen LogP contribution in [0.4, 0.5) is 5.69 Å². The summed E-state index contributed by atoms with van der Waals surface area (Å²) in [6.45, 7) is 0. The smallest absolute Gasteiger partial charge is 0.252 e. The lowest BCUT2D eigenvalue weighted by Gasteiger charge is -2.41. The van der Waals surface area contributed by atoms with E-state index in [9.17, 15) is 9.59 Å². The summed E-state index contributed by atoms with van der Waals surface area (Å²) < 4.78 is 1.70. The number of nitrogens with two attached hydrogens (primary N) is 1. The van der Waals surface area contributed by atoms with Gasteiger partial charge in [0.1, 0.15) is 6.07 Å². The molecule has 0 radical (unpaired) electrons. The average molecular weight is 403 g/mol. The standard InChI is InChI=1S/C21H21N7O2/c1-24-21(30)13-6-15(7-13)27(2)19-8-17(25-11-16(19)20(23)29)18-4-3-14-5-12(9-22)10-26-28(14)18/h3-5,8,10-11,13,15H,6-7H2,1-2H3,(H2,23,29)(H,24,30). The number of nitrogens with zero attached hydrogens (tertiary/aromatic N) is 5. The molecule has 3 aromatic rings. The Kier molecular flexibility index (Phi) is 4.83. The minimum atomic E-state index is -0.560. The number of amides is 2. The topological polar surface area (TPSA) is 129 Å². The zero-order valence-electron chi connectivity index (χ0n) is 16.7. The second-order valence-corrected chi connectivity index (χ2v) is 7.41. The van der Waals surface area contributed by atoms with Gasteiger partial charge in [-0.25, -0.2) is 4.52 Å². The van der Waals surface area contributed by atoms with Crippen molar-refractivity contribution >= 4 is 23.0 Å². The molecule has 152 valence electrons. The van der Waals surface area contributed by atoms with E-state index < -0.39 is 5.91 Å². The third-order valence-electron chi connectivity index (χ3n) is 5.70. The van der Waals surface area contributed by atoms with Gasteiger partial charge < -0.3 is 16.0 Å². The Morgan fingerprint density at radius 3 is 2.73 bits per heavy atom. The molecule has 0 saturated heterocycles. The molecule has 1 saturated carbocycles. The van der Waals surface area contributed by atoms with E-state index in [4.69, 9.17) is 11.0 Å². The normalized spacial score (nSPS) is 17.8. The number of pyridine rings is 1. The van der Waals surface area contributed by atoms with Crippen LogP contribution in [0.2, 0.25) is 0 Å². The largest absolute Gasteiger partial charge is 0.371 e. The zero-order valence-corrected chi connectivity index (χ0v) is 16.7. The van der Waals surface area contributed by atoms with Crippen molar-refractivity contribution in [1.82, 2.24) is 19.9 Å². The monoisotopic (exact) mass is 403 g/mol. The Bertz CT molecular complexity index is 1190. The Balaban J connectivity index is 1.70. The van der Waals surface area contributed by atoms with Gasteiger partial charge in [-0.05, 0) is 37.1 Å². The zero-order chi connectivity index (χ0) is 21.4. The van der Waals surface area contributed by atoms with E-state index in [1.54, 1.807) is 17.6 Å². The molecule has 0 aromatic carbocycles. The van der Waals surface area contributed by atoms with E-state index in [0.717, 1.165) is 11.2 Å². The van der Waals surface area contributed by atoms with Crippen molar-refractivity contribution in [3.63, 3.8) is 0 Å². The Hall–Kier alpha value is -3.93. The highest BCUT2D eigenvalue weighted by Gasteiger charge is 2.37. The average Bonchev–Trinajstić information content (AvgIpc) is 3.14. The molecule has 0 spiro atoms. The molecule has 0 unspecified atom stereocenters. The summed E-state index contributed by atoms with van der Waals surface area (Å²) in [7, 11) is 3.53. The molecule has 0 bridgehead atoms. The fraction of sp³-hybridized carbons (Fsp3) is 0.286. The number of carbonyl (C=O) groups is 2. The SMILES string of the molecule is CNC(=O)C1CC(N(C)c2cc(-c3ccc4cc(C#N)cnn34)ncc2C(N)=O)C1. The molecular weight excluding hydrogens is 382 g/mol. The van der Waals surface area contributed by atoms with E-state index in [0.29, 0.717) is 35.3 Å². The highest BCUT2D eigenvalue weighted by molar-refractivity contribution is 5.99. The second kappa shape index (κ2) is 7.48. The first-order valence-corrected chi connectivity index (χ1v) is 9.55. The van der Waals surface area contributed by atoms with Crippen LogP contribution in [0.3, 0.4) is 0 Å². The molecule has 4 rings (SSSR count). The summed E-state index contributed by atoms with van der Waals surface area (Å²) in [5, 5.41) is 16.1. The van der Waals surface area contributed by atoms with Gasteiger partial charge in [0.15, 0.2) is 0 Å². The summed E-state index contributed by atoms with van der Waals surface area (Å²) >= 11 is 0. The van der Waals surface area contributed by atoms with Crippen LogP contribution in [0.25, 0.3) is 16.9 Å². The van der Waals surface area contributed by atoms with Crippen LogP contribution in [0.15, 0.2) is 36.7 Å². The lowest BCUT2D eigenvalue weighted by molar-refractivity contribution is -0.127. The number of hydrogen-bond acceptors (Lipinski definition) is 6. The third-order valence-corrected chi connectivity index (χ3v) is 5.70. The molecule has 1 aliphatic carbocycles. The summed E-state index contributed by atoms with van der Waals surface area (Å²) in [6.07, 6.45) is 4.38. The maximum Gasteiger partial charge on any atom is 0.252 e. The van der Waals surface area contributed by atoms with E-state index in [-0.39, 0.29) is 17.9 Å². The molecule has 3 N–H and O–H groups in total. The van der Waals surface area contributed by atoms with Gasteiger partial charge in [-0.3, -0.25) is 14.6 Å². The Morgan fingerprint density at radius 2 is 2.07 bits per heavy atom. The molecule has 9 heteroatoms. The lowest BCUT2D eigenvalue weighted by atomic mass is 9.78.